The van der Waals surface area contributed by atoms with Crippen molar-refractivity contribution in [1.82, 2.24) is 9.80 Å². The monoisotopic (exact) mass is 354 g/mol. The number of ether oxygens (including phenoxy) is 2. The number of carbonyl (C=O) groups excluding carboxylic acids is 1. The van der Waals surface area contributed by atoms with Gasteiger partial charge in [0.05, 0.1) is 6.61 Å². The molecule has 0 N–H and O–H groups in total. The standard InChI is InChI=1S/C18H24F2N2O3/c1-18(2,3)25-17(23)22-9-7-21(8-10-22)14-6-11-24-16-12(14)4-5-13(19)15(16)20/h4-5,14H,6-11H2,1-3H3. The Bertz CT molecular complexity index is 652. The average molecular weight is 354 g/mol. The average Bonchev–Trinajstić information content (AvgIpc) is 2.56. The van der Waals surface area contributed by atoms with E-state index >= 15 is 0 Å². The second kappa shape index (κ2) is 6.78. The highest BCUT2D eigenvalue weighted by molar-refractivity contribution is 5.68. The number of fused-ring (bicyclic) bond motifs is 1. The van der Waals surface area contributed by atoms with Crippen LogP contribution in [0.3, 0.4) is 0 Å². The first kappa shape index (κ1) is 17.9. The van der Waals surface area contributed by atoms with Crippen LogP contribution in [0.4, 0.5) is 13.6 Å². The summed E-state index contributed by atoms with van der Waals surface area (Å²) >= 11 is 0. The van der Waals surface area contributed by atoms with Gasteiger partial charge in [-0.2, -0.15) is 4.39 Å². The van der Waals surface area contributed by atoms with Gasteiger partial charge < -0.3 is 14.4 Å². The van der Waals surface area contributed by atoms with Crippen molar-refractivity contribution < 1.29 is 23.0 Å². The molecule has 5 nitrogen and oxygen atoms in total. The summed E-state index contributed by atoms with van der Waals surface area (Å²) < 4.78 is 38.1. The molecule has 0 aromatic heterocycles. The van der Waals surface area contributed by atoms with E-state index in [9.17, 15) is 13.6 Å². The third-order valence-electron chi connectivity index (χ3n) is 4.48. The third kappa shape index (κ3) is 3.86. The Kier molecular flexibility index (Phi) is 4.86. The molecule has 1 fully saturated rings. The highest BCUT2D eigenvalue weighted by Gasteiger charge is 2.33. The smallest absolute Gasteiger partial charge is 0.410 e. The van der Waals surface area contributed by atoms with E-state index in [-0.39, 0.29) is 17.9 Å². The van der Waals surface area contributed by atoms with Crippen LogP contribution in [0.2, 0.25) is 0 Å². The molecule has 1 amide bonds. The predicted molar refractivity (Wildman–Crippen MR) is 88.6 cm³/mol. The van der Waals surface area contributed by atoms with Crippen LogP contribution in [0.5, 0.6) is 5.75 Å². The Morgan fingerprint density at radius 3 is 2.52 bits per heavy atom. The SMILES string of the molecule is CC(C)(C)OC(=O)N1CCN(C2CCOc3c2ccc(F)c3F)CC1. The van der Waals surface area contributed by atoms with Gasteiger partial charge in [-0.05, 0) is 26.8 Å². The lowest BCUT2D eigenvalue weighted by atomic mass is 9.98. The van der Waals surface area contributed by atoms with E-state index in [1.165, 1.54) is 0 Å². The highest BCUT2D eigenvalue weighted by atomic mass is 19.2. The molecule has 1 saturated heterocycles. The normalized spacial score (nSPS) is 21.5. The summed E-state index contributed by atoms with van der Waals surface area (Å²) in [5.41, 5.74) is 0.158. The number of nitrogens with zero attached hydrogens (tertiary/aromatic N) is 2. The van der Waals surface area contributed by atoms with Crippen molar-refractivity contribution in [2.45, 2.75) is 38.8 Å². The van der Waals surface area contributed by atoms with Crippen LogP contribution in [-0.2, 0) is 4.74 Å². The summed E-state index contributed by atoms with van der Waals surface area (Å²) in [4.78, 5) is 16.0. The van der Waals surface area contributed by atoms with Crippen molar-refractivity contribution in [1.29, 1.82) is 0 Å². The van der Waals surface area contributed by atoms with Crippen molar-refractivity contribution in [2.75, 3.05) is 32.8 Å². The second-order valence-electron chi connectivity index (χ2n) is 7.44. The minimum atomic E-state index is -0.922. The van der Waals surface area contributed by atoms with Crippen LogP contribution in [0.15, 0.2) is 12.1 Å². The van der Waals surface area contributed by atoms with Gasteiger partial charge in [0.15, 0.2) is 11.6 Å². The van der Waals surface area contributed by atoms with Gasteiger partial charge >= 0.3 is 6.09 Å². The molecule has 2 heterocycles. The number of piperazine rings is 1. The van der Waals surface area contributed by atoms with Crippen LogP contribution in [0.25, 0.3) is 0 Å². The number of amides is 1. The minimum Gasteiger partial charge on any atom is -0.490 e. The molecular weight excluding hydrogens is 330 g/mol. The molecule has 7 heteroatoms. The third-order valence-corrected chi connectivity index (χ3v) is 4.48. The van der Waals surface area contributed by atoms with E-state index in [4.69, 9.17) is 9.47 Å². The Morgan fingerprint density at radius 2 is 1.88 bits per heavy atom. The molecule has 0 saturated carbocycles. The zero-order chi connectivity index (χ0) is 18.2. The van der Waals surface area contributed by atoms with Crippen molar-refractivity contribution in [3.05, 3.63) is 29.3 Å². The van der Waals surface area contributed by atoms with Crippen LogP contribution in [-0.4, -0.2) is 54.3 Å². The molecule has 0 bridgehead atoms. The second-order valence-corrected chi connectivity index (χ2v) is 7.44. The molecule has 2 aliphatic heterocycles. The zero-order valence-electron chi connectivity index (χ0n) is 14.8. The number of carbonyl (C=O) groups is 1. The Labute approximate surface area is 146 Å². The van der Waals surface area contributed by atoms with Crippen LogP contribution in [0, 0.1) is 11.6 Å². The maximum atomic E-state index is 14.0. The first-order valence-corrected chi connectivity index (χ1v) is 8.59. The molecule has 0 radical (unpaired) electrons. The van der Waals surface area contributed by atoms with Crippen LogP contribution < -0.4 is 4.74 Å². The van der Waals surface area contributed by atoms with E-state index < -0.39 is 17.2 Å². The maximum Gasteiger partial charge on any atom is 0.410 e. The van der Waals surface area contributed by atoms with Gasteiger partial charge in [0, 0.05) is 44.2 Å². The molecule has 1 aromatic carbocycles. The molecule has 1 aromatic rings. The lowest BCUT2D eigenvalue weighted by Crippen LogP contribution is -2.51. The largest absolute Gasteiger partial charge is 0.490 e. The van der Waals surface area contributed by atoms with Gasteiger partial charge in [0.2, 0.25) is 5.82 Å². The first-order valence-electron chi connectivity index (χ1n) is 8.59. The fraction of sp³-hybridized carbons (Fsp3) is 0.611. The molecule has 1 unspecified atom stereocenters. The summed E-state index contributed by atoms with van der Waals surface area (Å²) in [7, 11) is 0. The van der Waals surface area contributed by atoms with Crippen LogP contribution in [0.1, 0.15) is 38.8 Å². The molecule has 2 aliphatic rings. The Hall–Kier alpha value is -1.89. The van der Waals surface area contributed by atoms with E-state index in [0.717, 1.165) is 6.07 Å². The van der Waals surface area contributed by atoms with Crippen molar-refractivity contribution in [3.63, 3.8) is 0 Å². The number of hydrogen-bond donors (Lipinski definition) is 0. The molecule has 3 rings (SSSR count). The van der Waals surface area contributed by atoms with Gasteiger partial charge in [0.1, 0.15) is 5.60 Å². The van der Waals surface area contributed by atoms with E-state index in [0.29, 0.717) is 44.8 Å². The van der Waals surface area contributed by atoms with Gasteiger partial charge in [0.25, 0.3) is 0 Å². The summed E-state index contributed by atoms with van der Waals surface area (Å²) in [6.45, 7) is 8.28. The van der Waals surface area contributed by atoms with Crippen molar-refractivity contribution >= 4 is 6.09 Å². The Balaban J connectivity index is 1.67. The molecule has 0 aliphatic carbocycles. The maximum absolute atomic E-state index is 14.0. The summed E-state index contributed by atoms with van der Waals surface area (Å²) in [5, 5.41) is 0. The van der Waals surface area contributed by atoms with E-state index in [1.807, 2.05) is 20.8 Å². The molecule has 1 atom stereocenters. The number of benzene rings is 1. The van der Waals surface area contributed by atoms with Gasteiger partial charge in [-0.25, -0.2) is 9.18 Å². The molecular formula is C18H24F2N2O3. The predicted octanol–water partition coefficient (Wildman–Crippen LogP) is 3.34. The lowest BCUT2D eigenvalue weighted by Gasteiger charge is -2.41. The van der Waals surface area contributed by atoms with E-state index in [2.05, 4.69) is 4.90 Å². The Morgan fingerprint density at radius 1 is 1.20 bits per heavy atom. The molecule has 0 spiro atoms. The number of rotatable bonds is 1. The molecule has 25 heavy (non-hydrogen) atoms. The van der Waals surface area contributed by atoms with E-state index in [1.54, 1.807) is 11.0 Å². The van der Waals surface area contributed by atoms with Gasteiger partial charge in [-0.1, -0.05) is 6.07 Å². The lowest BCUT2D eigenvalue weighted by molar-refractivity contribution is 0.00763. The molecule has 138 valence electrons. The zero-order valence-corrected chi connectivity index (χ0v) is 14.8. The number of hydrogen-bond acceptors (Lipinski definition) is 4. The quantitative estimate of drug-likeness (QED) is 0.776. The van der Waals surface area contributed by atoms with Crippen LogP contribution >= 0.6 is 0 Å². The fourth-order valence-corrected chi connectivity index (χ4v) is 3.31. The summed E-state index contributed by atoms with van der Waals surface area (Å²) in [5.74, 6) is -1.80. The summed E-state index contributed by atoms with van der Waals surface area (Å²) in [6.07, 6.45) is 0.400. The van der Waals surface area contributed by atoms with Gasteiger partial charge in [-0.15, -0.1) is 0 Å². The topological polar surface area (TPSA) is 42.0 Å². The highest BCUT2D eigenvalue weighted by Crippen LogP contribution is 2.38. The van der Waals surface area contributed by atoms with Gasteiger partial charge in [-0.3, -0.25) is 4.90 Å². The minimum absolute atomic E-state index is 0.0193. The van der Waals surface area contributed by atoms with Crippen molar-refractivity contribution in [2.24, 2.45) is 0 Å². The van der Waals surface area contributed by atoms with Crippen molar-refractivity contribution in [3.8, 4) is 5.75 Å². The fourth-order valence-electron chi connectivity index (χ4n) is 3.31. The summed E-state index contributed by atoms with van der Waals surface area (Å²) in [6, 6.07) is 2.71. The number of halogens is 2. The first-order chi connectivity index (χ1) is 11.8.